The number of benzene rings is 1. The lowest BCUT2D eigenvalue weighted by Gasteiger charge is -2.13. The highest BCUT2D eigenvalue weighted by molar-refractivity contribution is 5.30. The molecule has 1 aromatic carbocycles. The second-order valence-electron chi connectivity index (χ2n) is 3.84. The van der Waals surface area contributed by atoms with E-state index in [2.05, 4.69) is 4.98 Å². The summed E-state index contributed by atoms with van der Waals surface area (Å²) in [5, 5.41) is 8.84. The van der Waals surface area contributed by atoms with Crippen LogP contribution in [0.2, 0.25) is 0 Å². The second kappa shape index (κ2) is 5.37. The van der Waals surface area contributed by atoms with Gasteiger partial charge in [0.2, 0.25) is 0 Å². The largest absolute Gasteiger partial charge is 0.261 e. The smallest absolute Gasteiger partial charge is 0.159 e. The van der Waals surface area contributed by atoms with E-state index in [1.165, 1.54) is 6.07 Å². The highest BCUT2D eigenvalue weighted by atomic mass is 19.2. The van der Waals surface area contributed by atoms with Crippen LogP contribution in [0.3, 0.4) is 0 Å². The van der Waals surface area contributed by atoms with Crippen LogP contribution in [0, 0.1) is 23.0 Å². The summed E-state index contributed by atoms with van der Waals surface area (Å²) in [7, 11) is 0. The third-order valence-electron chi connectivity index (χ3n) is 2.69. The van der Waals surface area contributed by atoms with Gasteiger partial charge >= 0.3 is 0 Å². The van der Waals surface area contributed by atoms with Crippen molar-refractivity contribution in [1.82, 2.24) is 4.98 Å². The van der Waals surface area contributed by atoms with E-state index in [-0.39, 0.29) is 12.3 Å². The molecule has 0 saturated heterocycles. The number of hydrogen-bond acceptors (Lipinski definition) is 2. The molecule has 90 valence electrons. The van der Waals surface area contributed by atoms with Gasteiger partial charge in [0.1, 0.15) is 0 Å². The van der Waals surface area contributed by atoms with Crippen molar-refractivity contribution in [3.05, 3.63) is 65.5 Å². The number of rotatable bonds is 3. The van der Waals surface area contributed by atoms with Crippen molar-refractivity contribution in [1.29, 1.82) is 5.26 Å². The molecule has 18 heavy (non-hydrogen) atoms. The molecular weight excluding hydrogens is 234 g/mol. The van der Waals surface area contributed by atoms with E-state index in [1.54, 1.807) is 24.4 Å². The predicted molar refractivity (Wildman–Crippen MR) is 62.7 cm³/mol. The van der Waals surface area contributed by atoms with Crippen LogP contribution in [0.25, 0.3) is 0 Å². The molecule has 1 aromatic heterocycles. The second-order valence-corrected chi connectivity index (χ2v) is 3.84. The van der Waals surface area contributed by atoms with Crippen molar-refractivity contribution in [2.75, 3.05) is 0 Å². The Hall–Kier alpha value is -2.28. The van der Waals surface area contributed by atoms with E-state index in [1.807, 2.05) is 6.07 Å². The van der Waals surface area contributed by atoms with Crippen LogP contribution < -0.4 is 0 Å². The van der Waals surface area contributed by atoms with Crippen molar-refractivity contribution in [2.45, 2.75) is 12.3 Å². The lowest BCUT2D eigenvalue weighted by molar-refractivity contribution is 0.506. The molecule has 0 bridgehead atoms. The molecule has 0 aliphatic rings. The molecule has 0 aliphatic carbocycles. The summed E-state index contributed by atoms with van der Waals surface area (Å²) in [5.74, 6) is -2.15. The van der Waals surface area contributed by atoms with Crippen molar-refractivity contribution in [3.63, 3.8) is 0 Å². The maximum absolute atomic E-state index is 13.2. The van der Waals surface area contributed by atoms with Crippen LogP contribution in [0.15, 0.2) is 42.6 Å². The molecule has 0 spiro atoms. The van der Waals surface area contributed by atoms with Gasteiger partial charge in [-0.3, -0.25) is 4.98 Å². The van der Waals surface area contributed by atoms with Gasteiger partial charge < -0.3 is 0 Å². The Balaban J connectivity index is 2.42. The van der Waals surface area contributed by atoms with Crippen LogP contribution >= 0.6 is 0 Å². The van der Waals surface area contributed by atoms with Crippen LogP contribution in [0.1, 0.15) is 23.6 Å². The Morgan fingerprint density at radius 1 is 1.17 bits per heavy atom. The van der Waals surface area contributed by atoms with Crippen LogP contribution in [0.5, 0.6) is 0 Å². The fraction of sp³-hybridized carbons (Fsp3) is 0.143. The maximum Gasteiger partial charge on any atom is 0.159 e. The maximum atomic E-state index is 13.2. The third kappa shape index (κ3) is 2.51. The molecule has 4 heteroatoms. The minimum atomic E-state index is -0.911. The molecule has 1 heterocycles. The number of halogens is 2. The van der Waals surface area contributed by atoms with Gasteiger partial charge in [-0.2, -0.15) is 5.26 Å². The average Bonchev–Trinajstić information content (AvgIpc) is 2.40. The number of aromatic nitrogens is 1. The van der Waals surface area contributed by atoms with Crippen molar-refractivity contribution >= 4 is 0 Å². The summed E-state index contributed by atoms with van der Waals surface area (Å²) in [6.07, 6.45) is 1.78. The summed E-state index contributed by atoms with van der Waals surface area (Å²) in [6.45, 7) is 0. The topological polar surface area (TPSA) is 36.7 Å². The molecular formula is C14H10F2N2. The standard InChI is InChI=1S/C14H10F2N2/c15-12-5-4-10(9-13(12)16)11(6-7-17)14-3-1-2-8-18-14/h1-5,8-9,11H,6H2/t11-/m0/s1. The Kier molecular flexibility index (Phi) is 3.63. The predicted octanol–water partition coefficient (Wildman–Crippen LogP) is 3.41. The Morgan fingerprint density at radius 3 is 2.61 bits per heavy atom. The summed E-state index contributed by atoms with van der Waals surface area (Å²) >= 11 is 0. The summed E-state index contributed by atoms with van der Waals surface area (Å²) in [4.78, 5) is 4.16. The lowest BCUT2D eigenvalue weighted by atomic mass is 9.92. The van der Waals surface area contributed by atoms with E-state index >= 15 is 0 Å². The zero-order valence-electron chi connectivity index (χ0n) is 9.48. The minimum absolute atomic E-state index is 0.169. The minimum Gasteiger partial charge on any atom is -0.261 e. The first kappa shape index (κ1) is 12.2. The van der Waals surface area contributed by atoms with Gasteiger partial charge in [0.05, 0.1) is 6.07 Å². The van der Waals surface area contributed by atoms with E-state index < -0.39 is 11.6 Å². The van der Waals surface area contributed by atoms with Gasteiger partial charge in [-0.15, -0.1) is 0 Å². The van der Waals surface area contributed by atoms with E-state index in [0.29, 0.717) is 11.3 Å². The number of hydrogen-bond donors (Lipinski definition) is 0. The van der Waals surface area contributed by atoms with Gasteiger partial charge in [-0.25, -0.2) is 8.78 Å². The molecule has 0 aliphatic heterocycles. The zero-order chi connectivity index (χ0) is 13.0. The Morgan fingerprint density at radius 2 is 2.00 bits per heavy atom. The fourth-order valence-electron chi connectivity index (χ4n) is 1.80. The number of nitrogens with zero attached hydrogens (tertiary/aromatic N) is 2. The van der Waals surface area contributed by atoms with Crippen LogP contribution in [-0.2, 0) is 0 Å². The van der Waals surface area contributed by atoms with Crippen molar-refractivity contribution in [3.8, 4) is 6.07 Å². The van der Waals surface area contributed by atoms with Gasteiger partial charge in [-0.1, -0.05) is 12.1 Å². The quantitative estimate of drug-likeness (QED) is 0.829. The molecule has 0 amide bonds. The molecule has 2 rings (SSSR count). The van der Waals surface area contributed by atoms with Crippen LogP contribution in [-0.4, -0.2) is 4.98 Å². The van der Waals surface area contributed by atoms with Crippen molar-refractivity contribution < 1.29 is 8.78 Å². The monoisotopic (exact) mass is 244 g/mol. The molecule has 0 radical (unpaired) electrons. The van der Waals surface area contributed by atoms with Gasteiger partial charge in [0.15, 0.2) is 11.6 Å². The van der Waals surface area contributed by atoms with Gasteiger partial charge in [0, 0.05) is 24.2 Å². The molecule has 2 nitrogen and oxygen atoms in total. The van der Waals surface area contributed by atoms with E-state index in [0.717, 1.165) is 12.1 Å². The summed E-state index contributed by atoms with van der Waals surface area (Å²) in [5.41, 5.74) is 1.22. The highest BCUT2D eigenvalue weighted by Gasteiger charge is 2.16. The first-order valence-corrected chi connectivity index (χ1v) is 5.45. The zero-order valence-corrected chi connectivity index (χ0v) is 9.48. The number of pyridine rings is 1. The molecule has 1 atom stereocenters. The third-order valence-corrected chi connectivity index (χ3v) is 2.69. The molecule has 0 fully saturated rings. The van der Waals surface area contributed by atoms with Gasteiger partial charge in [0.25, 0.3) is 0 Å². The van der Waals surface area contributed by atoms with E-state index in [9.17, 15) is 8.78 Å². The molecule has 0 saturated carbocycles. The molecule has 2 aromatic rings. The first-order valence-electron chi connectivity index (χ1n) is 5.45. The first-order chi connectivity index (χ1) is 8.72. The number of nitriles is 1. The lowest BCUT2D eigenvalue weighted by Crippen LogP contribution is -2.03. The Bertz CT molecular complexity index is 576. The Labute approximate surface area is 104 Å². The SMILES string of the molecule is N#CC[C@@H](c1ccc(F)c(F)c1)c1ccccn1. The van der Waals surface area contributed by atoms with Gasteiger partial charge in [-0.05, 0) is 29.8 Å². The van der Waals surface area contributed by atoms with Crippen molar-refractivity contribution in [2.24, 2.45) is 0 Å². The van der Waals surface area contributed by atoms with Crippen LogP contribution in [0.4, 0.5) is 8.78 Å². The molecule has 0 N–H and O–H groups in total. The summed E-state index contributed by atoms with van der Waals surface area (Å²) in [6, 6.07) is 11.0. The fourth-order valence-corrected chi connectivity index (χ4v) is 1.80. The van der Waals surface area contributed by atoms with E-state index in [4.69, 9.17) is 5.26 Å². The molecule has 0 unspecified atom stereocenters. The highest BCUT2D eigenvalue weighted by Crippen LogP contribution is 2.27. The average molecular weight is 244 g/mol. The normalized spacial score (nSPS) is 11.8. The summed E-state index contributed by atoms with van der Waals surface area (Å²) < 4.78 is 26.1.